The van der Waals surface area contributed by atoms with Crippen molar-refractivity contribution < 1.29 is 9.53 Å². The molecule has 0 aliphatic carbocycles. The van der Waals surface area contributed by atoms with Gasteiger partial charge in [0.25, 0.3) is 5.91 Å². The molecule has 0 heterocycles. The third kappa shape index (κ3) is 2.97. The maximum Gasteiger partial charge on any atom is 0.274 e. The third-order valence-corrected chi connectivity index (χ3v) is 2.56. The monoisotopic (exact) mass is 222 g/mol. The number of hydrogen-bond donors (Lipinski definition) is 2. The van der Waals surface area contributed by atoms with Crippen LogP contribution in [0.5, 0.6) is 5.75 Å². The van der Waals surface area contributed by atoms with Crippen LogP contribution in [0.3, 0.4) is 0 Å². The third-order valence-electron chi connectivity index (χ3n) is 2.56. The van der Waals surface area contributed by atoms with E-state index in [1.165, 1.54) is 5.56 Å². The van der Waals surface area contributed by atoms with Crippen molar-refractivity contribution in [1.29, 1.82) is 0 Å². The smallest absolute Gasteiger partial charge is 0.274 e. The van der Waals surface area contributed by atoms with Crippen molar-refractivity contribution in [1.82, 2.24) is 5.43 Å². The molecule has 4 nitrogen and oxygen atoms in total. The van der Waals surface area contributed by atoms with Crippen LogP contribution in [0.2, 0.25) is 0 Å². The zero-order chi connectivity index (χ0) is 12.1. The lowest BCUT2D eigenvalue weighted by molar-refractivity contribution is -0.128. The fourth-order valence-corrected chi connectivity index (χ4v) is 1.37. The number of carbonyl (C=O) groups excluding carboxylic acids is 1. The number of nitrogens with one attached hydrogen (secondary N) is 1. The molecule has 0 radical (unpaired) electrons. The van der Waals surface area contributed by atoms with Gasteiger partial charge in [-0.2, -0.15) is 0 Å². The molecule has 0 fully saturated rings. The molecule has 88 valence electrons. The van der Waals surface area contributed by atoms with E-state index in [-0.39, 0.29) is 5.91 Å². The van der Waals surface area contributed by atoms with Crippen LogP contribution in [0.1, 0.15) is 24.5 Å². The molecule has 1 aromatic rings. The molecule has 0 unspecified atom stereocenters. The minimum absolute atomic E-state index is 0.305. The van der Waals surface area contributed by atoms with E-state index < -0.39 is 6.10 Å². The van der Waals surface area contributed by atoms with E-state index in [4.69, 9.17) is 10.6 Å². The molecule has 0 bridgehead atoms. The summed E-state index contributed by atoms with van der Waals surface area (Å²) in [6, 6.07) is 5.74. The first-order valence-corrected chi connectivity index (χ1v) is 5.32. The maximum absolute atomic E-state index is 11.3. The Morgan fingerprint density at radius 1 is 1.44 bits per heavy atom. The van der Waals surface area contributed by atoms with Gasteiger partial charge in [0.05, 0.1) is 0 Å². The summed E-state index contributed by atoms with van der Waals surface area (Å²) in [5.74, 6) is 5.46. The fourth-order valence-electron chi connectivity index (χ4n) is 1.37. The highest BCUT2D eigenvalue weighted by molar-refractivity contribution is 5.80. The lowest BCUT2D eigenvalue weighted by Crippen LogP contribution is -2.41. The van der Waals surface area contributed by atoms with Gasteiger partial charge in [0, 0.05) is 0 Å². The Labute approximate surface area is 95.8 Å². The van der Waals surface area contributed by atoms with Gasteiger partial charge in [-0.05, 0) is 43.5 Å². The number of amides is 1. The van der Waals surface area contributed by atoms with Crippen LogP contribution in [-0.2, 0) is 4.79 Å². The number of hydrogen-bond acceptors (Lipinski definition) is 3. The summed E-state index contributed by atoms with van der Waals surface area (Å²) in [5.41, 5.74) is 4.44. The number of rotatable bonds is 4. The normalized spacial score (nSPS) is 12.0. The first-order chi connectivity index (χ1) is 7.58. The van der Waals surface area contributed by atoms with E-state index >= 15 is 0 Å². The Hall–Kier alpha value is -1.55. The average molecular weight is 222 g/mol. The number of benzene rings is 1. The SMILES string of the molecule is CC[C@@H](Oc1ccc(C)c(C)c1)C(=O)NN. The Morgan fingerprint density at radius 3 is 2.62 bits per heavy atom. The van der Waals surface area contributed by atoms with Gasteiger partial charge in [-0.25, -0.2) is 5.84 Å². The second-order valence-corrected chi connectivity index (χ2v) is 3.77. The largest absolute Gasteiger partial charge is 0.481 e. The van der Waals surface area contributed by atoms with Crippen LogP contribution in [0.4, 0.5) is 0 Å². The first kappa shape index (κ1) is 12.5. The molecule has 0 aromatic heterocycles. The molecule has 1 aromatic carbocycles. The van der Waals surface area contributed by atoms with E-state index in [1.54, 1.807) is 0 Å². The van der Waals surface area contributed by atoms with Crippen LogP contribution in [0, 0.1) is 13.8 Å². The Bertz CT molecular complexity index is 377. The molecule has 1 rings (SSSR count). The van der Waals surface area contributed by atoms with E-state index in [2.05, 4.69) is 5.43 Å². The standard InChI is InChI=1S/C12H18N2O2/c1-4-11(12(15)14-13)16-10-6-5-8(2)9(3)7-10/h5-7,11H,4,13H2,1-3H3,(H,14,15)/t11-/m1/s1. The van der Waals surface area contributed by atoms with Crippen molar-refractivity contribution in [2.75, 3.05) is 0 Å². The van der Waals surface area contributed by atoms with E-state index in [0.717, 1.165) is 5.56 Å². The van der Waals surface area contributed by atoms with Gasteiger partial charge in [-0.3, -0.25) is 10.2 Å². The second-order valence-electron chi connectivity index (χ2n) is 3.77. The summed E-state index contributed by atoms with van der Waals surface area (Å²) in [6.07, 6.45) is 0.0442. The molecule has 0 spiro atoms. The van der Waals surface area contributed by atoms with Gasteiger partial charge in [0.1, 0.15) is 5.75 Å². The topological polar surface area (TPSA) is 64.3 Å². The van der Waals surface area contributed by atoms with Crippen molar-refractivity contribution in [3.8, 4) is 5.75 Å². The minimum atomic E-state index is -0.535. The van der Waals surface area contributed by atoms with Crippen molar-refractivity contribution >= 4 is 5.91 Å². The quantitative estimate of drug-likeness (QED) is 0.460. The van der Waals surface area contributed by atoms with Gasteiger partial charge in [0.15, 0.2) is 6.10 Å². The van der Waals surface area contributed by atoms with E-state index in [9.17, 15) is 4.79 Å². The molecule has 0 saturated heterocycles. The summed E-state index contributed by atoms with van der Waals surface area (Å²) in [6.45, 7) is 5.91. The van der Waals surface area contributed by atoms with Crippen molar-refractivity contribution in [3.63, 3.8) is 0 Å². The van der Waals surface area contributed by atoms with Gasteiger partial charge in [-0.1, -0.05) is 13.0 Å². The predicted octanol–water partition coefficient (Wildman–Crippen LogP) is 1.45. The van der Waals surface area contributed by atoms with Crippen LogP contribution in [-0.4, -0.2) is 12.0 Å². The molecule has 1 atom stereocenters. The first-order valence-electron chi connectivity index (χ1n) is 5.32. The summed E-state index contributed by atoms with van der Waals surface area (Å²) in [4.78, 5) is 11.3. The number of aryl methyl sites for hydroxylation is 2. The molecule has 1 amide bonds. The number of ether oxygens (including phenoxy) is 1. The van der Waals surface area contributed by atoms with E-state index in [1.807, 2.05) is 39.0 Å². The molecule has 4 heteroatoms. The van der Waals surface area contributed by atoms with Crippen molar-refractivity contribution in [2.45, 2.75) is 33.3 Å². The zero-order valence-electron chi connectivity index (χ0n) is 9.91. The Morgan fingerprint density at radius 2 is 2.12 bits per heavy atom. The Balaban J connectivity index is 2.78. The number of hydrazine groups is 1. The Kier molecular flexibility index (Phi) is 4.31. The predicted molar refractivity (Wildman–Crippen MR) is 63.0 cm³/mol. The van der Waals surface area contributed by atoms with Crippen LogP contribution < -0.4 is 16.0 Å². The summed E-state index contributed by atoms with van der Waals surface area (Å²) >= 11 is 0. The number of carbonyl (C=O) groups is 1. The highest BCUT2D eigenvalue weighted by Crippen LogP contribution is 2.18. The van der Waals surface area contributed by atoms with Gasteiger partial charge in [0.2, 0.25) is 0 Å². The second kappa shape index (κ2) is 5.51. The molecular weight excluding hydrogens is 204 g/mol. The minimum Gasteiger partial charge on any atom is -0.481 e. The maximum atomic E-state index is 11.3. The van der Waals surface area contributed by atoms with Gasteiger partial charge < -0.3 is 4.74 Å². The molecule has 16 heavy (non-hydrogen) atoms. The lowest BCUT2D eigenvalue weighted by Gasteiger charge is -2.16. The van der Waals surface area contributed by atoms with Crippen molar-refractivity contribution in [2.24, 2.45) is 5.84 Å². The summed E-state index contributed by atoms with van der Waals surface area (Å²) < 4.78 is 5.56. The fraction of sp³-hybridized carbons (Fsp3) is 0.417. The van der Waals surface area contributed by atoms with Crippen LogP contribution in [0.25, 0.3) is 0 Å². The highest BCUT2D eigenvalue weighted by Gasteiger charge is 2.16. The van der Waals surface area contributed by atoms with Crippen LogP contribution >= 0.6 is 0 Å². The molecule has 0 aliphatic rings. The molecule has 0 aliphatic heterocycles. The molecular formula is C12H18N2O2. The molecule has 3 N–H and O–H groups in total. The van der Waals surface area contributed by atoms with Crippen molar-refractivity contribution in [3.05, 3.63) is 29.3 Å². The van der Waals surface area contributed by atoms with Gasteiger partial charge >= 0.3 is 0 Å². The average Bonchev–Trinajstić information content (AvgIpc) is 2.29. The lowest BCUT2D eigenvalue weighted by atomic mass is 10.1. The highest BCUT2D eigenvalue weighted by atomic mass is 16.5. The summed E-state index contributed by atoms with van der Waals surface area (Å²) in [7, 11) is 0. The molecule has 0 saturated carbocycles. The van der Waals surface area contributed by atoms with Gasteiger partial charge in [-0.15, -0.1) is 0 Å². The van der Waals surface area contributed by atoms with E-state index in [0.29, 0.717) is 12.2 Å². The van der Waals surface area contributed by atoms with Crippen LogP contribution in [0.15, 0.2) is 18.2 Å². The summed E-state index contributed by atoms with van der Waals surface area (Å²) in [5, 5.41) is 0. The zero-order valence-corrected chi connectivity index (χ0v) is 9.91. The number of nitrogens with two attached hydrogens (primary N) is 1.